The van der Waals surface area contributed by atoms with Gasteiger partial charge < -0.3 is 0 Å². The number of benzene rings is 3. The lowest BCUT2D eigenvalue weighted by Crippen LogP contribution is -2.16. The second-order valence-electron chi connectivity index (χ2n) is 5.72. The van der Waals surface area contributed by atoms with Gasteiger partial charge in [0.15, 0.2) is 0 Å². The van der Waals surface area contributed by atoms with E-state index in [-0.39, 0.29) is 0 Å². The number of carbonyl (C=O) groups excluding carboxylic acids is 2. The molecule has 1 aliphatic carbocycles. The monoisotopic (exact) mass is 314 g/mol. The highest BCUT2D eigenvalue weighted by atomic mass is 32.1. The van der Waals surface area contributed by atoms with E-state index in [0.29, 0.717) is 5.56 Å². The summed E-state index contributed by atoms with van der Waals surface area (Å²) in [5.74, 6) is -0.861. The van der Waals surface area contributed by atoms with E-state index in [1.54, 1.807) is 23.5 Å². The number of hydrogen-bond acceptors (Lipinski definition) is 3. The highest BCUT2D eigenvalue weighted by molar-refractivity contribution is 7.25. The van der Waals surface area contributed by atoms with Crippen LogP contribution in [0.5, 0.6) is 0 Å². The molecule has 0 atom stereocenters. The van der Waals surface area contributed by atoms with Crippen LogP contribution in [0, 0.1) is 0 Å². The van der Waals surface area contributed by atoms with Crippen molar-refractivity contribution in [1.29, 1.82) is 0 Å². The minimum Gasteiger partial charge on any atom is -0.286 e. The van der Waals surface area contributed by atoms with Gasteiger partial charge in [0.2, 0.25) is 11.6 Å². The molecule has 4 aromatic rings. The van der Waals surface area contributed by atoms with Gasteiger partial charge in [0.05, 0.1) is 0 Å². The molecule has 5 rings (SSSR count). The van der Waals surface area contributed by atoms with Gasteiger partial charge in [-0.3, -0.25) is 9.59 Å². The molecule has 108 valence electrons. The Kier molecular flexibility index (Phi) is 2.42. The lowest BCUT2D eigenvalue weighted by atomic mass is 9.90. The molecular weight excluding hydrogens is 304 g/mol. The molecule has 3 heteroatoms. The van der Waals surface area contributed by atoms with Crippen LogP contribution in [0.2, 0.25) is 0 Å². The third-order valence-corrected chi connectivity index (χ3v) is 5.56. The number of Topliss-reactive ketones (excluding diaryl/α,β-unsaturated/α-hetero) is 1. The Hall–Kier alpha value is -2.78. The SMILES string of the molecule is O=C1C=Cc2c(ccc3cc4c(cc23)sc2ccccc24)C1=O. The molecule has 2 nitrogen and oxygen atoms in total. The summed E-state index contributed by atoms with van der Waals surface area (Å²) >= 11 is 1.75. The van der Waals surface area contributed by atoms with Crippen LogP contribution in [-0.4, -0.2) is 11.6 Å². The van der Waals surface area contributed by atoms with Crippen LogP contribution in [0.15, 0.2) is 54.6 Å². The average molecular weight is 314 g/mol. The summed E-state index contributed by atoms with van der Waals surface area (Å²) in [6.07, 6.45) is 3.14. The highest BCUT2D eigenvalue weighted by Crippen LogP contribution is 2.38. The first kappa shape index (κ1) is 12.7. The molecule has 0 saturated heterocycles. The normalized spacial score (nSPS) is 14.1. The second kappa shape index (κ2) is 4.37. The van der Waals surface area contributed by atoms with Crippen LogP contribution in [0.25, 0.3) is 37.0 Å². The smallest absolute Gasteiger partial charge is 0.233 e. The third-order valence-electron chi connectivity index (χ3n) is 4.43. The molecule has 1 aliphatic rings. The van der Waals surface area contributed by atoms with Crippen LogP contribution in [-0.2, 0) is 4.79 Å². The molecule has 0 saturated carbocycles. The van der Waals surface area contributed by atoms with Crippen molar-refractivity contribution in [2.75, 3.05) is 0 Å². The zero-order valence-corrected chi connectivity index (χ0v) is 12.8. The first-order valence-electron chi connectivity index (χ1n) is 7.37. The Morgan fingerprint density at radius 3 is 2.52 bits per heavy atom. The van der Waals surface area contributed by atoms with Crippen molar-refractivity contribution in [2.24, 2.45) is 0 Å². The van der Waals surface area contributed by atoms with Crippen LogP contribution in [0.3, 0.4) is 0 Å². The Balaban J connectivity index is 1.94. The molecule has 0 fully saturated rings. The maximum Gasteiger partial charge on any atom is 0.233 e. The Morgan fingerprint density at radius 2 is 1.61 bits per heavy atom. The van der Waals surface area contributed by atoms with E-state index in [0.717, 1.165) is 16.3 Å². The lowest BCUT2D eigenvalue weighted by molar-refractivity contribution is -0.110. The number of rotatable bonds is 0. The Bertz CT molecular complexity index is 1190. The Morgan fingerprint density at radius 1 is 0.739 bits per heavy atom. The minimum atomic E-state index is -0.445. The van der Waals surface area contributed by atoms with Crippen molar-refractivity contribution in [3.8, 4) is 0 Å². The molecule has 0 aliphatic heterocycles. The number of thiophene rings is 1. The van der Waals surface area contributed by atoms with E-state index in [1.807, 2.05) is 12.1 Å². The van der Waals surface area contributed by atoms with Crippen molar-refractivity contribution < 1.29 is 9.59 Å². The van der Waals surface area contributed by atoms with Gasteiger partial charge in [0.1, 0.15) is 0 Å². The first-order valence-corrected chi connectivity index (χ1v) is 8.19. The van der Waals surface area contributed by atoms with Crippen LogP contribution < -0.4 is 0 Å². The van der Waals surface area contributed by atoms with Crippen molar-refractivity contribution in [2.45, 2.75) is 0 Å². The molecule has 0 bridgehead atoms. The molecule has 23 heavy (non-hydrogen) atoms. The van der Waals surface area contributed by atoms with Crippen molar-refractivity contribution in [1.82, 2.24) is 0 Å². The summed E-state index contributed by atoms with van der Waals surface area (Å²) in [5, 5.41) is 4.61. The number of fused-ring (bicyclic) bond motifs is 6. The third kappa shape index (κ3) is 1.68. The number of allylic oxidation sites excluding steroid dienone is 1. The van der Waals surface area contributed by atoms with E-state index in [1.165, 1.54) is 26.2 Å². The van der Waals surface area contributed by atoms with Crippen molar-refractivity contribution >= 4 is 59.9 Å². The molecule has 1 aromatic heterocycles. The van der Waals surface area contributed by atoms with Crippen LogP contribution in [0.4, 0.5) is 0 Å². The summed E-state index contributed by atoms with van der Waals surface area (Å²) in [5.41, 5.74) is 1.36. The summed E-state index contributed by atoms with van der Waals surface area (Å²) in [6, 6.07) is 16.4. The maximum atomic E-state index is 12.1. The molecule has 3 aromatic carbocycles. The number of carbonyl (C=O) groups is 2. The predicted octanol–water partition coefficient (Wildman–Crippen LogP) is 4.99. The van der Waals surface area contributed by atoms with Gasteiger partial charge >= 0.3 is 0 Å². The van der Waals surface area contributed by atoms with Gasteiger partial charge in [-0.05, 0) is 52.8 Å². The standard InChI is InChI=1S/C20H10O2S/c21-17-8-7-12-14(20(17)22)6-5-11-9-16-13-3-1-2-4-18(13)23-19(16)10-15(11)12/h1-10H. The fourth-order valence-corrected chi connectivity index (χ4v) is 4.44. The number of hydrogen-bond donors (Lipinski definition) is 0. The van der Waals surface area contributed by atoms with Gasteiger partial charge in [-0.25, -0.2) is 0 Å². The average Bonchev–Trinajstić information content (AvgIpc) is 2.93. The molecule has 0 unspecified atom stereocenters. The first-order chi connectivity index (χ1) is 11.2. The fraction of sp³-hybridized carbons (Fsp3) is 0. The van der Waals surface area contributed by atoms with Gasteiger partial charge in [-0.1, -0.05) is 24.3 Å². The molecule has 0 amide bonds. The van der Waals surface area contributed by atoms with E-state index in [9.17, 15) is 9.59 Å². The van der Waals surface area contributed by atoms with Crippen molar-refractivity contribution in [3.05, 3.63) is 65.7 Å². The van der Waals surface area contributed by atoms with Gasteiger partial charge in [0.25, 0.3) is 0 Å². The highest BCUT2D eigenvalue weighted by Gasteiger charge is 2.22. The van der Waals surface area contributed by atoms with Gasteiger partial charge in [-0.15, -0.1) is 11.3 Å². The van der Waals surface area contributed by atoms with E-state index >= 15 is 0 Å². The zero-order chi connectivity index (χ0) is 15.6. The number of ketones is 2. The van der Waals surface area contributed by atoms with Gasteiger partial charge in [-0.2, -0.15) is 0 Å². The molecular formula is C20H10O2S. The summed E-state index contributed by atoms with van der Waals surface area (Å²) in [6.45, 7) is 0. The second-order valence-corrected chi connectivity index (χ2v) is 6.81. The maximum absolute atomic E-state index is 12.1. The molecule has 0 radical (unpaired) electrons. The van der Waals surface area contributed by atoms with E-state index in [4.69, 9.17) is 0 Å². The summed E-state index contributed by atoms with van der Waals surface area (Å²) in [7, 11) is 0. The zero-order valence-electron chi connectivity index (χ0n) is 12.0. The van der Waals surface area contributed by atoms with Crippen LogP contribution >= 0.6 is 11.3 Å². The molecule has 1 heterocycles. The Labute approximate surface area is 135 Å². The van der Waals surface area contributed by atoms with Crippen molar-refractivity contribution in [3.63, 3.8) is 0 Å². The van der Waals surface area contributed by atoms with E-state index < -0.39 is 11.6 Å². The van der Waals surface area contributed by atoms with E-state index in [2.05, 4.69) is 30.3 Å². The van der Waals surface area contributed by atoms with Crippen LogP contribution in [0.1, 0.15) is 15.9 Å². The lowest BCUT2D eigenvalue weighted by Gasteiger charge is -2.11. The largest absolute Gasteiger partial charge is 0.286 e. The molecule has 0 spiro atoms. The predicted molar refractivity (Wildman–Crippen MR) is 95.2 cm³/mol. The molecule has 0 N–H and O–H groups in total. The summed E-state index contributed by atoms with van der Waals surface area (Å²) < 4.78 is 2.46. The minimum absolute atomic E-state index is 0.416. The fourth-order valence-electron chi connectivity index (χ4n) is 3.31. The quantitative estimate of drug-likeness (QED) is 0.429. The van der Waals surface area contributed by atoms with Gasteiger partial charge in [0, 0.05) is 25.7 Å². The topological polar surface area (TPSA) is 34.1 Å². The summed E-state index contributed by atoms with van der Waals surface area (Å²) in [4.78, 5) is 23.7.